The molecule has 0 unspecified atom stereocenters. The lowest BCUT2D eigenvalue weighted by Gasteiger charge is -2.23. The fourth-order valence-electron chi connectivity index (χ4n) is 3.56. The van der Waals surface area contributed by atoms with Crippen LogP contribution in [0.25, 0.3) is 0 Å². The number of halogens is 1. The standard InChI is InChI=1S/C21H23FN2O4/c22-16-5-3-15(4-6-16)13-24-10-1-2-18(24)21(25)23-9-11-26-17-7-8-19-20(12-17)28-14-27-19/h3-8,12,18H,1-2,9-11,13-14H2,(H,23,25)/t18-/m1/s1. The van der Waals surface area contributed by atoms with Crippen molar-refractivity contribution in [1.82, 2.24) is 10.2 Å². The maximum Gasteiger partial charge on any atom is 0.237 e. The second-order valence-electron chi connectivity index (χ2n) is 6.91. The van der Waals surface area contributed by atoms with E-state index in [0.29, 0.717) is 36.9 Å². The van der Waals surface area contributed by atoms with Crippen LogP contribution >= 0.6 is 0 Å². The van der Waals surface area contributed by atoms with E-state index in [-0.39, 0.29) is 24.6 Å². The van der Waals surface area contributed by atoms with Gasteiger partial charge < -0.3 is 19.5 Å². The van der Waals surface area contributed by atoms with Crippen LogP contribution in [-0.2, 0) is 11.3 Å². The van der Waals surface area contributed by atoms with E-state index in [4.69, 9.17) is 14.2 Å². The smallest absolute Gasteiger partial charge is 0.237 e. The summed E-state index contributed by atoms with van der Waals surface area (Å²) in [5.74, 6) is 1.82. The molecule has 1 N–H and O–H groups in total. The molecule has 2 aromatic carbocycles. The first kappa shape index (κ1) is 18.6. The number of likely N-dealkylation sites (tertiary alicyclic amines) is 1. The van der Waals surface area contributed by atoms with Crippen molar-refractivity contribution in [2.24, 2.45) is 0 Å². The third-order valence-corrected chi connectivity index (χ3v) is 4.98. The molecule has 2 heterocycles. The molecule has 1 atom stereocenters. The van der Waals surface area contributed by atoms with Gasteiger partial charge in [-0.25, -0.2) is 4.39 Å². The molecular formula is C21H23FN2O4. The predicted molar refractivity (Wildman–Crippen MR) is 101 cm³/mol. The van der Waals surface area contributed by atoms with Crippen LogP contribution in [0.1, 0.15) is 18.4 Å². The molecule has 6 nitrogen and oxygen atoms in total. The minimum Gasteiger partial charge on any atom is -0.492 e. The number of fused-ring (bicyclic) bond motifs is 1. The molecule has 2 aromatic rings. The van der Waals surface area contributed by atoms with E-state index in [1.165, 1.54) is 12.1 Å². The van der Waals surface area contributed by atoms with E-state index in [1.54, 1.807) is 18.2 Å². The number of nitrogens with one attached hydrogen (secondary N) is 1. The van der Waals surface area contributed by atoms with Crippen LogP contribution in [0.15, 0.2) is 42.5 Å². The zero-order valence-electron chi connectivity index (χ0n) is 15.5. The SMILES string of the molecule is O=C(NCCOc1ccc2c(c1)OCO2)[C@H]1CCCN1Cc1ccc(F)cc1. The average Bonchev–Trinajstić information content (AvgIpc) is 3.35. The Morgan fingerprint density at radius 2 is 2.00 bits per heavy atom. The van der Waals surface area contributed by atoms with Crippen molar-refractivity contribution in [2.45, 2.75) is 25.4 Å². The average molecular weight is 386 g/mol. The Balaban J connectivity index is 1.23. The summed E-state index contributed by atoms with van der Waals surface area (Å²) in [6.45, 7) is 2.53. The fourth-order valence-corrected chi connectivity index (χ4v) is 3.56. The van der Waals surface area contributed by atoms with Crippen molar-refractivity contribution in [1.29, 1.82) is 0 Å². The summed E-state index contributed by atoms with van der Waals surface area (Å²) in [5.41, 5.74) is 1.01. The second-order valence-corrected chi connectivity index (χ2v) is 6.91. The van der Waals surface area contributed by atoms with E-state index in [1.807, 2.05) is 12.1 Å². The molecule has 0 aromatic heterocycles. The lowest BCUT2D eigenvalue weighted by Crippen LogP contribution is -2.44. The molecular weight excluding hydrogens is 363 g/mol. The first-order chi connectivity index (χ1) is 13.7. The molecule has 1 fully saturated rings. The molecule has 28 heavy (non-hydrogen) atoms. The second kappa shape index (κ2) is 8.48. The summed E-state index contributed by atoms with van der Waals surface area (Å²) in [7, 11) is 0. The van der Waals surface area contributed by atoms with Gasteiger partial charge in [-0.1, -0.05) is 12.1 Å². The maximum absolute atomic E-state index is 13.1. The molecule has 1 saturated heterocycles. The molecule has 2 aliphatic heterocycles. The zero-order valence-corrected chi connectivity index (χ0v) is 15.5. The number of ether oxygens (including phenoxy) is 3. The molecule has 0 aliphatic carbocycles. The van der Waals surface area contributed by atoms with Gasteiger partial charge in [-0.15, -0.1) is 0 Å². The van der Waals surface area contributed by atoms with Crippen LogP contribution in [0.3, 0.4) is 0 Å². The van der Waals surface area contributed by atoms with Crippen LogP contribution in [0.4, 0.5) is 4.39 Å². The summed E-state index contributed by atoms with van der Waals surface area (Å²) in [6, 6.07) is 11.7. The van der Waals surface area contributed by atoms with Crippen molar-refractivity contribution in [3.63, 3.8) is 0 Å². The molecule has 7 heteroatoms. The van der Waals surface area contributed by atoms with Crippen LogP contribution in [-0.4, -0.2) is 43.3 Å². The highest BCUT2D eigenvalue weighted by atomic mass is 19.1. The summed E-state index contributed by atoms with van der Waals surface area (Å²) < 4.78 is 29.3. The van der Waals surface area contributed by atoms with E-state index in [2.05, 4.69) is 10.2 Å². The van der Waals surface area contributed by atoms with Crippen molar-refractivity contribution in [2.75, 3.05) is 26.5 Å². The Labute approximate surface area is 163 Å². The highest BCUT2D eigenvalue weighted by Crippen LogP contribution is 2.35. The molecule has 0 spiro atoms. The van der Waals surface area contributed by atoms with Gasteiger partial charge in [-0.3, -0.25) is 9.69 Å². The molecule has 4 rings (SSSR count). The summed E-state index contributed by atoms with van der Waals surface area (Å²) in [6.07, 6.45) is 1.81. The topological polar surface area (TPSA) is 60.0 Å². The number of hydrogen-bond donors (Lipinski definition) is 1. The number of amides is 1. The minimum atomic E-state index is -0.248. The number of rotatable bonds is 7. The number of carbonyl (C=O) groups is 1. The zero-order chi connectivity index (χ0) is 19.3. The Morgan fingerprint density at radius 1 is 1.18 bits per heavy atom. The largest absolute Gasteiger partial charge is 0.492 e. The lowest BCUT2D eigenvalue weighted by molar-refractivity contribution is -0.125. The molecule has 0 radical (unpaired) electrons. The molecule has 148 valence electrons. The Hall–Kier alpha value is -2.80. The highest BCUT2D eigenvalue weighted by Gasteiger charge is 2.30. The van der Waals surface area contributed by atoms with Gasteiger partial charge in [0.1, 0.15) is 18.2 Å². The third-order valence-electron chi connectivity index (χ3n) is 4.98. The molecule has 1 amide bonds. The quantitative estimate of drug-likeness (QED) is 0.742. The van der Waals surface area contributed by atoms with Gasteiger partial charge in [0.15, 0.2) is 11.5 Å². The number of carbonyl (C=O) groups excluding carboxylic acids is 1. The summed E-state index contributed by atoms with van der Waals surface area (Å²) >= 11 is 0. The fraction of sp³-hybridized carbons (Fsp3) is 0.381. The minimum absolute atomic E-state index is 0.00824. The molecule has 0 bridgehead atoms. The van der Waals surface area contributed by atoms with E-state index in [9.17, 15) is 9.18 Å². The monoisotopic (exact) mass is 386 g/mol. The van der Waals surface area contributed by atoms with Gasteiger partial charge >= 0.3 is 0 Å². The predicted octanol–water partition coefficient (Wildman–Crippen LogP) is 2.71. The van der Waals surface area contributed by atoms with Gasteiger partial charge in [-0.2, -0.15) is 0 Å². The summed E-state index contributed by atoms with van der Waals surface area (Å²) in [4.78, 5) is 14.7. The Morgan fingerprint density at radius 3 is 2.86 bits per heavy atom. The maximum atomic E-state index is 13.1. The third kappa shape index (κ3) is 4.36. The van der Waals surface area contributed by atoms with Crippen molar-refractivity contribution in [3.8, 4) is 17.2 Å². The molecule has 2 aliphatic rings. The van der Waals surface area contributed by atoms with Gasteiger partial charge in [0.05, 0.1) is 12.6 Å². The Bertz CT molecular complexity index is 828. The van der Waals surface area contributed by atoms with Gasteiger partial charge in [0.2, 0.25) is 12.7 Å². The first-order valence-corrected chi connectivity index (χ1v) is 9.48. The molecule has 0 saturated carbocycles. The van der Waals surface area contributed by atoms with Gasteiger partial charge in [0.25, 0.3) is 0 Å². The van der Waals surface area contributed by atoms with Crippen LogP contribution < -0.4 is 19.5 Å². The number of hydrogen-bond acceptors (Lipinski definition) is 5. The van der Waals surface area contributed by atoms with Crippen LogP contribution in [0, 0.1) is 5.82 Å². The number of nitrogens with zero attached hydrogens (tertiary/aromatic N) is 1. The highest BCUT2D eigenvalue weighted by molar-refractivity contribution is 5.82. The van der Waals surface area contributed by atoms with Crippen molar-refractivity contribution < 1.29 is 23.4 Å². The lowest BCUT2D eigenvalue weighted by atomic mass is 10.1. The normalized spacial score (nSPS) is 18.2. The summed E-state index contributed by atoms with van der Waals surface area (Å²) in [5, 5.41) is 2.95. The van der Waals surface area contributed by atoms with E-state index in [0.717, 1.165) is 24.9 Å². The van der Waals surface area contributed by atoms with E-state index >= 15 is 0 Å². The van der Waals surface area contributed by atoms with Crippen molar-refractivity contribution in [3.05, 3.63) is 53.8 Å². The van der Waals surface area contributed by atoms with Crippen LogP contribution in [0.2, 0.25) is 0 Å². The first-order valence-electron chi connectivity index (χ1n) is 9.48. The van der Waals surface area contributed by atoms with E-state index < -0.39 is 0 Å². The van der Waals surface area contributed by atoms with Gasteiger partial charge in [-0.05, 0) is 49.2 Å². The van der Waals surface area contributed by atoms with Crippen molar-refractivity contribution >= 4 is 5.91 Å². The van der Waals surface area contributed by atoms with Gasteiger partial charge in [0, 0.05) is 12.6 Å². The Kier molecular flexibility index (Phi) is 5.62. The number of benzene rings is 2. The van der Waals surface area contributed by atoms with Crippen LogP contribution in [0.5, 0.6) is 17.2 Å².